The molecule has 0 radical (unpaired) electrons. The summed E-state index contributed by atoms with van der Waals surface area (Å²) in [5, 5.41) is 13.2. The molecule has 2 aromatic heterocycles. The first kappa shape index (κ1) is 14.4. The lowest BCUT2D eigenvalue weighted by molar-refractivity contribution is 0.598. The fourth-order valence-electron chi connectivity index (χ4n) is 2.09. The van der Waals surface area contributed by atoms with E-state index in [2.05, 4.69) is 20.4 Å². The number of aromatic nitrogens is 4. The second-order valence-electron chi connectivity index (χ2n) is 4.77. The molecule has 0 fully saturated rings. The van der Waals surface area contributed by atoms with E-state index in [-0.39, 0.29) is 4.90 Å². The van der Waals surface area contributed by atoms with E-state index in [0.717, 1.165) is 16.6 Å². The van der Waals surface area contributed by atoms with Crippen LogP contribution in [0.1, 0.15) is 5.56 Å². The Balaban J connectivity index is 1.79. The number of benzene rings is 1. The van der Waals surface area contributed by atoms with Crippen molar-refractivity contribution >= 4 is 26.9 Å². The molecular formula is C13H14N6O2S. The summed E-state index contributed by atoms with van der Waals surface area (Å²) in [6.07, 6.45) is 3.16. The van der Waals surface area contributed by atoms with Gasteiger partial charge in [-0.3, -0.25) is 4.68 Å². The van der Waals surface area contributed by atoms with Crippen molar-refractivity contribution in [2.24, 2.45) is 12.2 Å². The van der Waals surface area contributed by atoms with Crippen molar-refractivity contribution in [3.8, 4) is 0 Å². The van der Waals surface area contributed by atoms with Crippen molar-refractivity contribution in [1.82, 2.24) is 19.7 Å². The van der Waals surface area contributed by atoms with Gasteiger partial charge in [0.05, 0.1) is 16.5 Å². The molecule has 0 unspecified atom stereocenters. The molecule has 0 saturated heterocycles. The number of nitrogens with two attached hydrogens (primary N) is 1. The number of rotatable bonds is 4. The zero-order valence-corrected chi connectivity index (χ0v) is 12.6. The Morgan fingerprint density at radius 1 is 1.23 bits per heavy atom. The van der Waals surface area contributed by atoms with Crippen LogP contribution in [-0.2, 0) is 23.6 Å². The summed E-state index contributed by atoms with van der Waals surface area (Å²) >= 11 is 0. The molecule has 114 valence electrons. The molecule has 0 spiro atoms. The third kappa shape index (κ3) is 2.76. The van der Waals surface area contributed by atoms with Crippen LogP contribution in [0.2, 0.25) is 0 Å². The van der Waals surface area contributed by atoms with Crippen LogP contribution >= 0.6 is 0 Å². The van der Waals surface area contributed by atoms with Gasteiger partial charge in [0.15, 0.2) is 5.65 Å². The number of fused-ring (bicyclic) bond motifs is 1. The van der Waals surface area contributed by atoms with Gasteiger partial charge in [-0.25, -0.2) is 23.5 Å². The van der Waals surface area contributed by atoms with E-state index in [1.54, 1.807) is 23.0 Å². The molecule has 0 aliphatic carbocycles. The van der Waals surface area contributed by atoms with E-state index in [0.29, 0.717) is 12.4 Å². The first-order valence-electron chi connectivity index (χ1n) is 6.43. The Kier molecular flexibility index (Phi) is 3.51. The minimum absolute atomic E-state index is 0.0907. The van der Waals surface area contributed by atoms with Crippen molar-refractivity contribution in [3.05, 3.63) is 42.4 Å². The van der Waals surface area contributed by atoms with E-state index >= 15 is 0 Å². The predicted octanol–water partition coefficient (Wildman–Crippen LogP) is 0.623. The Morgan fingerprint density at radius 3 is 2.64 bits per heavy atom. The van der Waals surface area contributed by atoms with Crippen molar-refractivity contribution in [2.75, 3.05) is 5.32 Å². The van der Waals surface area contributed by atoms with Crippen LogP contribution in [-0.4, -0.2) is 28.2 Å². The molecular weight excluding hydrogens is 304 g/mol. The lowest BCUT2D eigenvalue weighted by atomic mass is 10.2. The molecule has 22 heavy (non-hydrogen) atoms. The highest BCUT2D eigenvalue weighted by atomic mass is 32.2. The molecule has 3 aromatic rings. The fourth-order valence-corrected chi connectivity index (χ4v) is 2.60. The highest BCUT2D eigenvalue weighted by Gasteiger charge is 2.09. The molecule has 0 amide bonds. The summed E-state index contributed by atoms with van der Waals surface area (Å²) < 4.78 is 24.1. The minimum Gasteiger partial charge on any atom is -0.365 e. The maximum atomic E-state index is 11.2. The van der Waals surface area contributed by atoms with Crippen molar-refractivity contribution in [3.63, 3.8) is 0 Å². The Morgan fingerprint density at radius 2 is 1.95 bits per heavy atom. The monoisotopic (exact) mass is 318 g/mol. The number of hydrogen-bond donors (Lipinski definition) is 2. The highest BCUT2D eigenvalue weighted by molar-refractivity contribution is 7.89. The number of primary sulfonamides is 1. The van der Waals surface area contributed by atoms with Gasteiger partial charge in [0.25, 0.3) is 0 Å². The number of aryl methyl sites for hydroxylation is 1. The van der Waals surface area contributed by atoms with Crippen molar-refractivity contribution in [1.29, 1.82) is 0 Å². The van der Waals surface area contributed by atoms with Crippen molar-refractivity contribution < 1.29 is 8.42 Å². The Labute approximate surface area is 127 Å². The predicted molar refractivity (Wildman–Crippen MR) is 81.4 cm³/mol. The Bertz CT molecular complexity index is 917. The normalized spacial score (nSPS) is 11.7. The molecule has 2 heterocycles. The van der Waals surface area contributed by atoms with Crippen LogP contribution in [0.5, 0.6) is 0 Å². The maximum absolute atomic E-state index is 11.2. The van der Waals surface area contributed by atoms with Crippen LogP contribution in [0, 0.1) is 0 Å². The van der Waals surface area contributed by atoms with E-state index in [4.69, 9.17) is 5.14 Å². The molecule has 0 aliphatic heterocycles. The smallest absolute Gasteiger partial charge is 0.238 e. The molecule has 8 nitrogen and oxygen atoms in total. The molecule has 3 N–H and O–H groups in total. The summed E-state index contributed by atoms with van der Waals surface area (Å²) in [6.45, 7) is 0.492. The quantitative estimate of drug-likeness (QED) is 0.728. The van der Waals surface area contributed by atoms with E-state index in [1.807, 2.05) is 7.05 Å². The van der Waals surface area contributed by atoms with Crippen LogP contribution < -0.4 is 10.5 Å². The number of nitrogens with zero attached hydrogens (tertiary/aromatic N) is 4. The average Bonchev–Trinajstić information content (AvgIpc) is 2.87. The summed E-state index contributed by atoms with van der Waals surface area (Å²) in [5.74, 6) is 0.675. The number of anilines is 1. The molecule has 0 bridgehead atoms. The van der Waals surface area contributed by atoms with Gasteiger partial charge in [0.2, 0.25) is 10.0 Å². The fraction of sp³-hybridized carbons (Fsp3) is 0.154. The molecule has 0 aliphatic rings. The zero-order valence-electron chi connectivity index (χ0n) is 11.8. The van der Waals surface area contributed by atoms with Gasteiger partial charge in [0, 0.05) is 13.6 Å². The van der Waals surface area contributed by atoms with Crippen LogP contribution in [0.25, 0.3) is 11.0 Å². The zero-order chi connectivity index (χ0) is 15.7. The largest absolute Gasteiger partial charge is 0.365 e. The second kappa shape index (κ2) is 5.35. The van der Waals surface area contributed by atoms with Gasteiger partial charge in [0.1, 0.15) is 12.1 Å². The standard InChI is InChI=1S/C13H14N6O2S/c1-19-13-11(7-18-19)12(16-8-17-13)15-6-9-2-4-10(5-3-9)22(14,20)21/h2-5,7-8H,6H2,1H3,(H2,14,20,21)(H,15,16,17). The van der Waals surface area contributed by atoms with Gasteiger partial charge in [-0.05, 0) is 17.7 Å². The lowest BCUT2D eigenvalue weighted by Gasteiger charge is -2.07. The van der Waals surface area contributed by atoms with E-state index in [9.17, 15) is 8.42 Å². The third-order valence-electron chi connectivity index (χ3n) is 3.24. The molecule has 3 rings (SSSR count). The van der Waals surface area contributed by atoms with Gasteiger partial charge in [-0.1, -0.05) is 12.1 Å². The second-order valence-corrected chi connectivity index (χ2v) is 6.33. The van der Waals surface area contributed by atoms with Crippen LogP contribution in [0.3, 0.4) is 0 Å². The lowest BCUT2D eigenvalue weighted by Crippen LogP contribution is -2.12. The summed E-state index contributed by atoms with van der Waals surface area (Å²) in [5.41, 5.74) is 1.64. The summed E-state index contributed by atoms with van der Waals surface area (Å²) in [4.78, 5) is 8.46. The van der Waals surface area contributed by atoms with Gasteiger partial charge < -0.3 is 5.32 Å². The molecule has 0 saturated carbocycles. The van der Waals surface area contributed by atoms with Gasteiger partial charge >= 0.3 is 0 Å². The molecule has 1 aromatic carbocycles. The first-order chi connectivity index (χ1) is 10.4. The van der Waals surface area contributed by atoms with Gasteiger partial charge in [-0.15, -0.1) is 0 Å². The average molecular weight is 318 g/mol. The Hall–Kier alpha value is -2.52. The van der Waals surface area contributed by atoms with E-state index in [1.165, 1.54) is 18.5 Å². The molecule has 0 atom stereocenters. The topological polar surface area (TPSA) is 116 Å². The summed E-state index contributed by atoms with van der Waals surface area (Å²) in [7, 11) is -1.85. The van der Waals surface area contributed by atoms with E-state index < -0.39 is 10.0 Å². The number of nitrogens with one attached hydrogen (secondary N) is 1. The number of hydrogen-bond acceptors (Lipinski definition) is 6. The highest BCUT2D eigenvalue weighted by Crippen LogP contribution is 2.18. The SMILES string of the molecule is Cn1ncc2c(NCc3ccc(S(N)(=O)=O)cc3)ncnc21. The first-order valence-corrected chi connectivity index (χ1v) is 7.98. The number of sulfonamides is 1. The summed E-state index contributed by atoms with van der Waals surface area (Å²) in [6, 6.07) is 6.36. The van der Waals surface area contributed by atoms with Crippen LogP contribution in [0.15, 0.2) is 41.7 Å². The van der Waals surface area contributed by atoms with Crippen LogP contribution in [0.4, 0.5) is 5.82 Å². The van der Waals surface area contributed by atoms with Crippen molar-refractivity contribution in [2.45, 2.75) is 11.4 Å². The van der Waals surface area contributed by atoms with Gasteiger partial charge in [-0.2, -0.15) is 5.10 Å². The minimum atomic E-state index is -3.66. The maximum Gasteiger partial charge on any atom is 0.238 e. The third-order valence-corrected chi connectivity index (χ3v) is 4.17. The molecule has 9 heteroatoms.